The highest BCUT2D eigenvalue weighted by Gasteiger charge is 2.22. The molecule has 8 nitrogen and oxygen atoms in total. The maximum atomic E-state index is 11.9. The van der Waals surface area contributed by atoms with E-state index in [-0.39, 0.29) is 17.7 Å². The minimum Gasteiger partial charge on any atom is -0.496 e. The lowest BCUT2D eigenvalue weighted by Gasteiger charge is -2.17. The number of methoxy groups -OCH3 is 4. The summed E-state index contributed by atoms with van der Waals surface area (Å²) in [4.78, 5) is 35.3. The van der Waals surface area contributed by atoms with Gasteiger partial charge < -0.3 is 23.7 Å². The van der Waals surface area contributed by atoms with E-state index < -0.39 is 17.9 Å². The van der Waals surface area contributed by atoms with E-state index in [1.165, 1.54) is 35.4 Å². The summed E-state index contributed by atoms with van der Waals surface area (Å²) in [6.45, 7) is 1.23. The van der Waals surface area contributed by atoms with Crippen molar-refractivity contribution in [2.75, 3.05) is 28.4 Å². The molecule has 2 rings (SSSR count). The van der Waals surface area contributed by atoms with Crippen molar-refractivity contribution < 1.29 is 38.1 Å². The van der Waals surface area contributed by atoms with Crippen LogP contribution in [0.3, 0.4) is 0 Å². The summed E-state index contributed by atoms with van der Waals surface area (Å²) in [5.41, 5.74) is 0.540. The third-order valence-electron chi connectivity index (χ3n) is 3.98. The minimum absolute atomic E-state index is 0.0426. The lowest BCUT2D eigenvalue weighted by atomic mass is 9.96. The zero-order chi connectivity index (χ0) is 21.6. The summed E-state index contributed by atoms with van der Waals surface area (Å²) in [5, 5.41) is 0.940. The molecule has 0 spiro atoms. The highest BCUT2D eigenvalue weighted by atomic mass is 16.5. The first-order valence-electron chi connectivity index (χ1n) is 8.42. The van der Waals surface area contributed by atoms with Crippen LogP contribution in [-0.2, 0) is 30.3 Å². The summed E-state index contributed by atoms with van der Waals surface area (Å²) in [6.07, 6.45) is -0.174. The Kier molecular flexibility index (Phi) is 7.04. The molecule has 2 aromatic rings. The molecular weight excluding hydrogens is 380 g/mol. The molecule has 2 aromatic carbocycles. The molecule has 0 N–H and O–H groups in total. The molecule has 0 saturated heterocycles. The molecule has 0 saturated carbocycles. The zero-order valence-electron chi connectivity index (χ0n) is 16.7. The molecule has 0 aliphatic rings. The van der Waals surface area contributed by atoms with Gasteiger partial charge in [-0.1, -0.05) is 5.92 Å². The average Bonchev–Trinajstić information content (AvgIpc) is 2.71. The summed E-state index contributed by atoms with van der Waals surface area (Å²) in [7, 11) is 5.38. The molecule has 0 aromatic heterocycles. The number of hydrogen-bond acceptors (Lipinski definition) is 8. The highest BCUT2D eigenvalue weighted by Crippen LogP contribution is 2.43. The Hall–Kier alpha value is -3.73. The van der Waals surface area contributed by atoms with E-state index in [1.54, 1.807) is 18.2 Å². The first-order valence-corrected chi connectivity index (χ1v) is 8.42. The van der Waals surface area contributed by atoms with Crippen LogP contribution >= 0.6 is 0 Å². The number of rotatable bonds is 5. The van der Waals surface area contributed by atoms with Crippen LogP contribution in [0.25, 0.3) is 10.8 Å². The van der Waals surface area contributed by atoms with Crippen LogP contribution in [0.2, 0.25) is 0 Å². The first-order chi connectivity index (χ1) is 13.9. The Morgan fingerprint density at radius 2 is 1.62 bits per heavy atom. The molecule has 0 heterocycles. The average molecular weight is 400 g/mol. The fraction of sp³-hybridized carbons (Fsp3) is 0.286. The van der Waals surface area contributed by atoms with Gasteiger partial charge in [0.2, 0.25) is 0 Å². The second-order valence-electron chi connectivity index (χ2n) is 5.72. The van der Waals surface area contributed by atoms with Crippen LogP contribution in [0, 0.1) is 11.8 Å². The Balaban J connectivity index is 2.99. The van der Waals surface area contributed by atoms with E-state index in [2.05, 4.69) is 16.6 Å². The fourth-order valence-corrected chi connectivity index (χ4v) is 2.74. The Morgan fingerprint density at radius 3 is 2.17 bits per heavy atom. The fourth-order valence-electron chi connectivity index (χ4n) is 2.74. The van der Waals surface area contributed by atoms with Crippen molar-refractivity contribution in [2.24, 2.45) is 0 Å². The molecule has 0 atom stereocenters. The van der Waals surface area contributed by atoms with Gasteiger partial charge >= 0.3 is 17.9 Å². The van der Waals surface area contributed by atoms with E-state index in [1.807, 2.05) is 0 Å². The normalized spacial score (nSPS) is 9.83. The second-order valence-corrected chi connectivity index (χ2v) is 5.72. The Morgan fingerprint density at radius 1 is 0.966 bits per heavy atom. The Labute approximate surface area is 167 Å². The van der Waals surface area contributed by atoms with Gasteiger partial charge in [-0.25, -0.2) is 4.79 Å². The van der Waals surface area contributed by atoms with Crippen LogP contribution < -0.4 is 14.2 Å². The van der Waals surface area contributed by atoms with Gasteiger partial charge in [0.15, 0.2) is 5.75 Å². The summed E-state index contributed by atoms with van der Waals surface area (Å²) in [5.74, 6) is 3.89. The summed E-state index contributed by atoms with van der Waals surface area (Å²) >= 11 is 0. The van der Waals surface area contributed by atoms with Crippen LogP contribution in [0.1, 0.15) is 18.1 Å². The molecule has 0 fully saturated rings. The standard InChI is InChI=1S/C21H20O8/c1-12(22)29-21-14(6-9-18(23)27-4)13(11-19(24)28-5)10-15-16(25-2)7-8-17(26-3)20(15)21/h7-8,10H,11H2,1-5H3. The van der Waals surface area contributed by atoms with E-state index in [0.29, 0.717) is 27.8 Å². The van der Waals surface area contributed by atoms with Gasteiger partial charge in [-0.05, 0) is 23.8 Å². The Bertz CT molecular complexity index is 1030. The summed E-state index contributed by atoms with van der Waals surface area (Å²) < 4.78 is 25.6. The largest absolute Gasteiger partial charge is 0.496 e. The molecule has 0 amide bonds. The van der Waals surface area contributed by atoms with E-state index in [4.69, 9.17) is 18.9 Å². The second kappa shape index (κ2) is 9.46. The number of carbonyl (C=O) groups is 3. The maximum Gasteiger partial charge on any atom is 0.384 e. The third-order valence-corrected chi connectivity index (χ3v) is 3.98. The molecule has 0 bridgehead atoms. The van der Waals surface area contributed by atoms with Crippen LogP contribution in [-0.4, -0.2) is 46.3 Å². The topological polar surface area (TPSA) is 97.4 Å². The monoisotopic (exact) mass is 400 g/mol. The van der Waals surface area contributed by atoms with Crippen LogP contribution in [0.4, 0.5) is 0 Å². The number of esters is 3. The lowest BCUT2D eigenvalue weighted by Crippen LogP contribution is -2.10. The van der Waals surface area contributed by atoms with Gasteiger partial charge in [0.1, 0.15) is 11.5 Å². The number of benzene rings is 2. The smallest absolute Gasteiger partial charge is 0.384 e. The van der Waals surface area contributed by atoms with Gasteiger partial charge in [-0.2, -0.15) is 0 Å². The molecule has 0 aliphatic carbocycles. The summed E-state index contributed by atoms with van der Waals surface area (Å²) in [6, 6.07) is 4.98. The SMILES string of the molecule is COC(=O)C#Cc1c(CC(=O)OC)cc2c(OC)ccc(OC)c2c1OC(C)=O. The van der Waals surface area contributed by atoms with E-state index >= 15 is 0 Å². The predicted octanol–water partition coefficient (Wildman–Crippen LogP) is 2.02. The van der Waals surface area contributed by atoms with Crippen molar-refractivity contribution in [3.8, 4) is 29.1 Å². The van der Waals surface area contributed by atoms with Crippen molar-refractivity contribution in [3.63, 3.8) is 0 Å². The van der Waals surface area contributed by atoms with Crippen molar-refractivity contribution in [3.05, 3.63) is 29.3 Å². The number of fused-ring (bicyclic) bond motifs is 1. The van der Waals surface area contributed by atoms with E-state index in [0.717, 1.165) is 0 Å². The predicted molar refractivity (Wildman–Crippen MR) is 103 cm³/mol. The number of carbonyl (C=O) groups excluding carboxylic acids is 3. The molecule has 29 heavy (non-hydrogen) atoms. The first kappa shape index (κ1) is 21.6. The zero-order valence-corrected chi connectivity index (χ0v) is 16.7. The van der Waals surface area contributed by atoms with Gasteiger partial charge in [0, 0.05) is 18.2 Å². The molecule has 152 valence electrons. The third kappa shape index (κ3) is 4.76. The van der Waals surface area contributed by atoms with Gasteiger partial charge in [-0.15, -0.1) is 0 Å². The van der Waals surface area contributed by atoms with Crippen molar-refractivity contribution >= 4 is 28.7 Å². The number of ether oxygens (including phenoxy) is 5. The molecule has 8 heteroatoms. The highest BCUT2D eigenvalue weighted by molar-refractivity contribution is 6.02. The quantitative estimate of drug-likeness (QED) is 0.427. The van der Waals surface area contributed by atoms with Crippen LogP contribution in [0.15, 0.2) is 18.2 Å². The van der Waals surface area contributed by atoms with Crippen molar-refractivity contribution in [1.29, 1.82) is 0 Å². The van der Waals surface area contributed by atoms with Crippen LogP contribution in [0.5, 0.6) is 17.2 Å². The number of hydrogen-bond donors (Lipinski definition) is 0. The van der Waals surface area contributed by atoms with Gasteiger partial charge in [0.25, 0.3) is 0 Å². The van der Waals surface area contributed by atoms with E-state index in [9.17, 15) is 14.4 Å². The van der Waals surface area contributed by atoms with Crippen molar-refractivity contribution in [2.45, 2.75) is 13.3 Å². The molecule has 0 aliphatic heterocycles. The van der Waals surface area contributed by atoms with Gasteiger partial charge in [-0.3, -0.25) is 9.59 Å². The molecular formula is C21H20O8. The minimum atomic E-state index is -0.791. The van der Waals surface area contributed by atoms with Gasteiger partial charge in [0.05, 0.1) is 45.8 Å². The maximum absolute atomic E-state index is 11.9. The van der Waals surface area contributed by atoms with Crippen molar-refractivity contribution in [1.82, 2.24) is 0 Å². The molecule has 0 radical (unpaired) electrons. The lowest BCUT2D eigenvalue weighted by molar-refractivity contribution is -0.139. The molecule has 0 unspecified atom stereocenters.